The fourth-order valence-electron chi connectivity index (χ4n) is 4.66. The molecule has 0 fully saturated rings. The highest BCUT2D eigenvalue weighted by atomic mass is 32.1. The van der Waals surface area contributed by atoms with Crippen LogP contribution in [-0.4, -0.2) is 21.7 Å². The Morgan fingerprint density at radius 1 is 1.14 bits per heavy atom. The summed E-state index contributed by atoms with van der Waals surface area (Å²) in [6, 6.07) is 17.5. The average Bonchev–Trinajstić information content (AvgIpc) is 3.37. The summed E-state index contributed by atoms with van der Waals surface area (Å²) in [6.45, 7) is 8.11. The van der Waals surface area contributed by atoms with Crippen LogP contribution in [0.5, 0.6) is 0 Å². The van der Waals surface area contributed by atoms with Crippen LogP contribution in [0.25, 0.3) is 17.0 Å². The molecular weight excluding hydrogens is 458 g/mol. The maximum atomic E-state index is 13.8. The summed E-state index contributed by atoms with van der Waals surface area (Å²) in [5.74, 6) is -0.447. The lowest BCUT2D eigenvalue weighted by atomic mass is 9.96. The fraction of sp³-hybridized carbons (Fsp3) is 0.250. The Kier molecular flexibility index (Phi) is 6.03. The number of esters is 1. The van der Waals surface area contributed by atoms with Gasteiger partial charge >= 0.3 is 5.97 Å². The molecular formula is C28H27N3O3S. The van der Waals surface area contributed by atoms with Crippen molar-refractivity contribution in [2.45, 2.75) is 39.8 Å². The minimum Gasteiger partial charge on any atom is -0.463 e. The lowest BCUT2D eigenvalue weighted by Gasteiger charge is -2.24. The zero-order valence-electron chi connectivity index (χ0n) is 20.2. The van der Waals surface area contributed by atoms with Gasteiger partial charge in [-0.05, 0) is 45.4 Å². The third-order valence-corrected chi connectivity index (χ3v) is 7.23. The van der Waals surface area contributed by atoms with Gasteiger partial charge < -0.3 is 9.30 Å². The van der Waals surface area contributed by atoms with E-state index in [0.29, 0.717) is 20.6 Å². The number of hydrogen-bond acceptors (Lipinski definition) is 5. The number of para-hydroxylation sites is 1. The molecule has 1 aliphatic heterocycles. The van der Waals surface area contributed by atoms with Gasteiger partial charge in [-0.3, -0.25) is 9.36 Å². The summed E-state index contributed by atoms with van der Waals surface area (Å²) in [5.41, 5.74) is 3.75. The second-order valence-electron chi connectivity index (χ2n) is 8.82. The van der Waals surface area contributed by atoms with Crippen LogP contribution in [0.1, 0.15) is 50.9 Å². The summed E-state index contributed by atoms with van der Waals surface area (Å²) in [5, 5.41) is 1.09. The van der Waals surface area contributed by atoms with Crippen LogP contribution in [0.15, 0.2) is 81.9 Å². The quantitative estimate of drug-likeness (QED) is 0.395. The van der Waals surface area contributed by atoms with Crippen molar-refractivity contribution in [2.75, 3.05) is 6.61 Å². The predicted octanol–water partition coefficient (Wildman–Crippen LogP) is 4.33. The van der Waals surface area contributed by atoms with Crippen molar-refractivity contribution in [3.05, 3.63) is 103 Å². The van der Waals surface area contributed by atoms with E-state index in [1.54, 1.807) is 18.4 Å². The van der Waals surface area contributed by atoms with Crippen molar-refractivity contribution in [3.8, 4) is 0 Å². The van der Waals surface area contributed by atoms with Crippen molar-refractivity contribution in [1.82, 2.24) is 9.13 Å². The molecule has 0 amide bonds. The van der Waals surface area contributed by atoms with Crippen molar-refractivity contribution in [3.63, 3.8) is 0 Å². The number of fused-ring (bicyclic) bond motifs is 2. The van der Waals surface area contributed by atoms with Gasteiger partial charge in [-0.1, -0.05) is 59.9 Å². The van der Waals surface area contributed by atoms with Crippen LogP contribution >= 0.6 is 11.3 Å². The minimum atomic E-state index is -0.592. The van der Waals surface area contributed by atoms with E-state index in [-0.39, 0.29) is 18.2 Å². The number of nitrogens with zero attached hydrogens (tertiary/aromatic N) is 3. The van der Waals surface area contributed by atoms with Gasteiger partial charge in [0.15, 0.2) is 4.80 Å². The normalized spacial score (nSPS) is 16.0. The molecule has 178 valence electrons. The number of thiazole rings is 1. The Morgan fingerprint density at radius 2 is 1.86 bits per heavy atom. The van der Waals surface area contributed by atoms with Crippen LogP contribution in [-0.2, 0) is 9.53 Å². The first-order chi connectivity index (χ1) is 16.9. The number of hydrogen-bond donors (Lipinski definition) is 0. The Morgan fingerprint density at radius 3 is 2.57 bits per heavy atom. The first-order valence-electron chi connectivity index (χ1n) is 11.7. The first kappa shape index (κ1) is 23.1. The van der Waals surface area contributed by atoms with E-state index in [4.69, 9.17) is 4.74 Å². The Bertz CT molecular complexity index is 1640. The minimum absolute atomic E-state index is 0.168. The number of carbonyl (C=O) groups excluding carboxylic acids is 1. The highest BCUT2D eigenvalue weighted by molar-refractivity contribution is 7.07. The largest absolute Gasteiger partial charge is 0.463 e. The summed E-state index contributed by atoms with van der Waals surface area (Å²) in [7, 11) is 0. The molecule has 0 unspecified atom stereocenters. The number of aromatic nitrogens is 2. The molecule has 4 aromatic rings. The van der Waals surface area contributed by atoms with Crippen LogP contribution < -0.4 is 14.9 Å². The highest BCUT2D eigenvalue weighted by Crippen LogP contribution is 2.30. The average molecular weight is 486 g/mol. The highest BCUT2D eigenvalue weighted by Gasteiger charge is 2.33. The number of carbonyl (C=O) groups is 1. The fourth-order valence-corrected chi connectivity index (χ4v) is 5.70. The van der Waals surface area contributed by atoms with Crippen molar-refractivity contribution in [1.29, 1.82) is 0 Å². The smallest absolute Gasteiger partial charge is 0.338 e. The van der Waals surface area contributed by atoms with Gasteiger partial charge in [0.25, 0.3) is 5.56 Å². The van der Waals surface area contributed by atoms with Gasteiger partial charge in [0.05, 0.1) is 28.5 Å². The molecule has 0 N–H and O–H groups in total. The lowest BCUT2D eigenvalue weighted by Crippen LogP contribution is -2.39. The van der Waals surface area contributed by atoms with Gasteiger partial charge in [0.2, 0.25) is 0 Å². The molecule has 5 rings (SSSR count). The molecule has 2 aromatic heterocycles. The molecule has 3 heterocycles. The molecule has 0 saturated heterocycles. The Balaban J connectivity index is 1.75. The van der Waals surface area contributed by atoms with Crippen LogP contribution in [0.2, 0.25) is 0 Å². The molecule has 0 radical (unpaired) electrons. The van der Waals surface area contributed by atoms with E-state index in [2.05, 4.69) is 41.7 Å². The maximum Gasteiger partial charge on any atom is 0.338 e. The third-order valence-electron chi connectivity index (χ3n) is 6.25. The van der Waals surface area contributed by atoms with Gasteiger partial charge in [0, 0.05) is 28.7 Å². The van der Waals surface area contributed by atoms with Gasteiger partial charge in [-0.15, -0.1) is 0 Å². The van der Waals surface area contributed by atoms with Crippen molar-refractivity contribution in [2.24, 2.45) is 4.99 Å². The lowest BCUT2D eigenvalue weighted by molar-refractivity contribution is -0.139. The summed E-state index contributed by atoms with van der Waals surface area (Å²) in [6.07, 6.45) is 4.04. The summed E-state index contributed by atoms with van der Waals surface area (Å²) < 4.78 is 9.78. The summed E-state index contributed by atoms with van der Waals surface area (Å²) in [4.78, 5) is 32.0. The Labute approximate surface area is 207 Å². The molecule has 1 aliphatic rings. The van der Waals surface area contributed by atoms with E-state index >= 15 is 0 Å². The van der Waals surface area contributed by atoms with E-state index in [9.17, 15) is 9.59 Å². The second-order valence-corrected chi connectivity index (χ2v) is 9.82. The molecule has 1 atom stereocenters. The molecule has 0 spiro atoms. The molecule has 2 aromatic carbocycles. The van der Waals surface area contributed by atoms with E-state index in [1.165, 1.54) is 11.3 Å². The van der Waals surface area contributed by atoms with E-state index in [0.717, 1.165) is 22.0 Å². The van der Waals surface area contributed by atoms with Gasteiger partial charge in [0.1, 0.15) is 0 Å². The van der Waals surface area contributed by atoms with Crippen molar-refractivity contribution >= 4 is 34.3 Å². The topological polar surface area (TPSA) is 65.6 Å². The van der Waals surface area contributed by atoms with Gasteiger partial charge in [-0.25, -0.2) is 9.79 Å². The van der Waals surface area contributed by atoms with Crippen molar-refractivity contribution < 1.29 is 9.53 Å². The Hall–Kier alpha value is -3.71. The van der Waals surface area contributed by atoms with Gasteiger partial charge in [-0.2, -0.15) is 0 Å². The van der Waals surface area contributed by atoms with Crippen LogP contribution in [0, 0.1) is 0 Å². The molecule has 7 heteroatoms. The third kappa shape index (κ3) is 3.96. The molecule has 0 aliphatic carbocycles. The second kappa shape index (κ2) is 9.15. The number of allylic oxidation sites excluding steroid dienone is 1. The van der Waals surface area contributed by atoms with Crippen LogP contribution in [0.3, 0.4) is 0 Å². The monoisotopic (exact) mass is 485 g/mol. The standard InChI is InChI=1S/C28H27N3O3S/c1-5-34-27(33)24-18(4)29-28-31(25(24)19-11-7-6-8-12-19)26(32)23(35-28)15-20-16-30(17(2)3)22-14-10-9-13-21(20)22/h6-17,25H,5H2,1-4H3/b23-15-/t25-/m1/s1. The molecule has 6 nitrogen and oxygen atoms in total. The SMILES string of the molecule is CCOC(=O)C1=C(C)N=c2s/c(=C\c3cn(C(C)C)c4ccccc34)c(=O)n2[C@@H]1c1ccccc1. The first-order valence-corrected chi connectivity index (χ1v) is 12.6. The molecule has 0 bridgehead atoms. The van der Waals surface area contributed by atoms with E-state index < -0.39 is 12.0 Å². The van der Waals surface area contributed by atoms with Crippen LogP contribution in [0.4, 0.5) is 0 Å². The number of benzene rings is 2. The van der Waals surface area contributed by atoms with E-state index in [1.807, 2.05) is 48.5 Å². The molecule has 0 saturated carbocycles. The maximum absolute atomic E-state index is 13.8. The predicted molar refractivity (Wildman–Crippen MR) is 139 cm³/mol. The number of rotatable bonds is 5. The summed E-state index contributed by atoms with van der Waals surface area (Å²) >= 11 is 1.34. The number of ether oxygens (including phenoxy) is 1. The molecule has 35 heavy (non-hydrogen) atoms. The zero-order chi connectivity index (χ0) is 24.7. The zero-order valence-corrected chi connectivity index (χ0v) is 21.0.